The first-order valence-electron chi connectivity index (χ1n) is 8.86. The van der Waals surface area contributed by atoms with E-state index in [2.05, 4.69) is 9.97 Å². The summed E-state index contributed by atoms with van der Waals surface area (Å²) in [6.07, 6.45) is -0.655. The van der Waals surface area contributed by atoms with E-state index in [0.717, 1.165) is 25.6 Å². The zero-order valence-electron chi connectivity index (χ0n) is 14.8. The van der Waals surface area contributed by atoms with Crippen LogP contribution in [0.15, 0.2) is 30.6 Å². The Labute approximate surface area is 154 Å². The van der Waals surface area contributed by atoms with E-state index in [1.807, 2.05) is 4.90 Å². The number of aliphatic hydroxyl groups is 1. The summed E-state index contributed by atoms with van der Waals surface area (Å²) in [5.41, 5.74) is -0.0567. The topological polar surface area (TPSA) is 58.5 Å². The van der Waals surface area contributed by atoms with Crippen LogP contribution in [0.4, 0.5) is 19.1 Å². The van der Waals surface area contributed by atoms with Gasteiger partial charge in [-0.05, 0) is 25.0 Å². The highest BCUT2D eigenvalue weighted by molar-refractivity contribution is 5.37. The van der Waals surface area contributed by atoms with E-state index in [-0.39, 0.29) is 30.1 Å². The molecule has 2 aliphatic heterocycles. The van der Waals surface area contributed by atoms with Crippen LogP contribution in [0.5, 0.6) is 5.75 Å². The molecule has 3 aliphatic rings. The first kappa shape index (κ1) is 18.0. The number of hydrogen-bond donors (Lipinski definition) is 1. The predicted molar refractivity (Wildman–Crippen MR) is 92.4 cm³/mol. The van der Waals surface area contributed by atoms with Crippen LogP contribution in [0.3, 0.4) is 0 Å². The molecule has 2 saturated heterocycles. The van der Waals surface area contributed by atoms with Crippen LogP contribution in [-0.4, -0.2) is 34.3 Å². The van der Waals surface area contributed by atoms with Crippen molar-refractivity contribution in [2.24, 2.45) is 11.8 Å². The molecule has 2 atom stereocenters. The molecule has 144 valence electrons. The summed E-state index contributed by atoms with van der Waals surface area (Å²) < 4.78 is 45.0. The van der Waals surface area contributed by atoms with E-state index in [4.69, 9.17) is 4.74 Å². The molecule has 2 unspecified atom stereocenters. The summed E-state index contributed by atoms with van der Waals surface area (Å²) >= 11 is 0. The van der Waals surface area contributed by atoms with Crippen molar-refractivity contribution in [3.8, 4) is 5.75 Å². The fourth-order valence-corrected chi connectivity index (χ4v) is 3.89. The van der Waals surface area contributed by atoms with Crippen LogP contribution in [0, 0.1) is 18.8 Å². The maximum absolute atomic E-state index is 13.2. The largest absolute Gasteiger partial charge is 0.486 e. The molecular weight excluding hydrogens is 359 g/mol. The van der Waals surface area contributed by atoms with E-state index in [9.17, 15) is 18.3 Å². The third kappa shape index (κ3) is 3.45. The second-order valence-electron chi connectivity index (χ2n) is 7.26. The Hall–Kier alpha value is -2.35. The average Bonchev–Trinajstić information content (AvgIpc) is 2.66. The Morgan fingerprint density at radius 2 is 1.85 bits per heavy atom. The number of nitrogens with zero attached hydrogens (tertiary/aromatic N) is 3. The highest BCUT2D eigenvalue weighted by atomic mass is 19.4. The minimum Gasteiger partial charge on any atom is -0.486 e. The summed E-state index contributed by atoms with van der Waals surface area (Å²) in [6.45, 7) is 2.86. The Balaban J connectivity index is 1.43. The third-order valence-electron chi connectivity index (χ3n) is 5.48. The molecule has 1 aromatic carbocycles. The summed E-state index contributed by atoms with van der Waals surface area (Å²) in [4.78, 5) is 10.6. The summed E-state index contributed by atoms with van der Waals surface area (Å²) in [5, 5.41) is 9.85. The van der Waals surface area contributed by atoms with Crippen LogP contribution >= 0.6 is 0 Å². The van der Waals surface area contributed by atoms with Crippen molar-refractivity contribution < 1.29 is 23.0 Å². The van der Waals surface area contributed by atoms with Crippen LogP contribution in [-0.2, 0) is 12.8 Å². The van der Waals surface area contributed by atoms with Gasteiger partial charge in [-0.3, -0.25) is 0 Å². The van der Waals surface area contributed by atoms with E-state index in [1.54, 1.807) is 13.0 Å². The third-order valence-corrected chi connectivity index (χ3v) is 5.48. The Kier molecular flexibility index (Phi) is 4.46. The Bertz CT molecular complexity index is 814. The quantitative estimate of drug-likeness (QED) is 0.884. The summed E-state index contributed by atoms with van der Waals surface area (Å²) in [6, 6.07) is 4.07. The van der Waals surface area contributed by atoms with Gasteiger partial charge in [0, 0.05) is 30.5 Å². The first-order valence-corrected chi connectivity index (χ1v) is 8.86. The highest BCUT2D eigenvalue weighted by Gasteiger charge is 2.46. The van der Waals surface area contributed by atoms with Crippen molar-refractivity contribution in [1.82, 2.24) is 9.97 Å². The van der Waals surface area contributed by atoms with Crippen LogP contribution in [0.2, 0.25) is 0 Å². The molecule has 1 aliphatic carbocycles. The molecule has 0 spiro atoms. The lowest BCUT2D eigenvalue weighted by molar-refractivity contribution is -0.138. The lowest BCUT2D eigenvalue weighted by Gasteiger charge is -2.51. The number of piperidine rings is 2. The van der Waals surface area contributed by atoms with Crippen molar-refractivity contribution in [2.45, 2.75) is 32.2 Å². The number of hydrogen-bond acceptors (Lipinski definition) is 5. The molecule has 2 aromatic rings. The van der Waals surface area contributed by atoms with Gasteiger partial charge in [-0.15, -0.1) is 0 Å². The number of aromatic nitrogens is 2. The molecule has 3 heterocycles. The zero-order chi connectivity index (χ0) is 19.2. The Morgan fingerprint density at radius 1 is 1.19 bits per heavy atom. The number of anilines is 1. The summed E-state index contributed by atoms with van der Waals surface area (Å²) in [5.74, 6) is 1.41. The SMILES string of the molecule is Cc1cccc(C(F)(F)F)c1COc1cnc(N2CC3CC(C2)C3O)nc1. The number of fused-ring (bicyclic) bond motifs is 2. The van der Waals surface area contributed by atoms with Gasteiger partial charge in [0.05, 0.1) is 24.1 Å². The molecule has 1 N–H and O–H groups in total. The number of halogens is 3. The molecule has 27 heavy (non-hydrogen) atoms. The molecule has 8 heteroatoms. The highest BCUT2D eigenvalue weighted by Crippen LogP contribution is 2.40. The smallest absolute Gasteiger partial charge is 0.416 e. The molecule has 1 saturated carbocycles. The molecule has 5 rings (SSSR count). The van der Waals surface area contributed by atoms with Gasteiger partial charge in [-0.2, -0.15) is 13.2 Å². The average molecular weight is 379 g/mol. The minimum absolute atomic E-state index is 0.110. The number of rotatable bonds is 4. The number of benzene rings is 1. The fourth-order valence-electron chi connectivity index (χ4n) is 3.89. The van der Waals surface area contributed by atoms with Gasteiger partial charge in [0.15, 0.2) is 5.75 Å². The second kappa shape index (κ2) is 6.67. The van der Waals surface area contributed by atoms with Gasteiger partial charge >= 0.3 is 6.18 Å². The maximum atomic E-state index is 13.2. The molecule has 1 aromatic heterocycles. The molecule has 3 fully saturated rings. The maximum Gasteiger partial charge on any atom is 0.416 e. The van der Waals surface area contributed by atoms with Gasteiger partial charge in [0.1, 0.15) is 6.61 Å². The number of alkyl halides is 3. The van der Waals surface area contributed by atoms with Crippen molar-refractivity contribution in [3.05, 3.63) is 47.3 Å². The van der Waals surface area contributed by atoms with Gasteiger partial charge in [0.2, 0.25) is 5.95 Å². The zero-order valence-corrected chi connectivity index (χ0v) is 14.8. The van der Waals surface area contributed by atoms with Crippen LogP contribution in [0.1, 0.15) is 23.1 Å². The first-order chi connectivity index (χ1) is 12.8. The van der Waals surface area contributed by atoms with Crippen LogP contribution < -0.4 is 9.64 Å². The van der Waals surface area contributed by atoms with Gasteiger partial charge in [-0.1, -0.05) is 12.1 Å². The van der Waals surface area contributed by atoms with E-state index in [1.165, 1.54) is 18.5 Å². The monoisotopic (exact) mass is 379 g/mol. The number of aliphatic hydroxyl groups excluding tert-OH is 1. The predicted octanol–water partition coefficient (Wildman–Crippen LogP) is 3.20. The molecule has 0 amide bonds. The van der Waals surface area contributed by atoms with Crippen LogP contribution in [0.25, 0.3) is 0 Å². The molecular formula is C19H20F3N3O2. The molecule has 2 bridgehead atoms. The number of ether oxygens (including phenoxy) is 1. The number of aryl methyl sites for hydroxylation is 1. The normalized spacial score (nSPS) is 24.5. The standard InChI is InChI=1S/C19H20F3N3O2/c1-11-3-2-4-16(19(20,21)22)15(11)10-27-14-6-23-18(24-7-14)25-8-12-5-13(9-25)17(12)26/h2-4,6-7,12-13,17,26H,5,8-10H2,1H3. The van der Waals surface area contributed by atoms with Crippen molar-refractivity contribution >= 4 is 5.95 Å². The van der Waals surface area contributed by atoms with Gasteiger partial charge in [0.25, 0.3) is 0 Å². The van der Waals surface area contributed by atoms with E-state index < -0.39 is 11.7 Å². The molecule has 5 nitrogen and oxygen atoms in total. The lowest BCUT2D eigenvalue weighted by atomic mass is 9.68. The molecule has 0 radical (unpaired) electrons. The van der Waals surface area contributed by atoms with Gasteiger partial charge < -0.3 is 14.7 Å². The van der Waals surface area contributed by atoms with E-state index in [0.29, 0.717) is 17.3 Å². The minimum atomic E-state index is -4.43. The second-order valence-corrected chi connectivity index (χ2v) is 7.26. The fraction of sp³-hybridized carbons (Fsp3) is 0.474. The van der Waals surface area contributed by atoms with Crippen molar-refractivity contribution in [3.63, 3.8) is 0 Å². The van der Waals surface area contributed by atoms with Crippen molar-refractivity contribution in [1.29, 1.82) is 0 Å². The lowest BCUT2D eigenvalue weighted by Crippen LogP contribution is -2.58. The Morgan fingerprint density at radius 3 is 2.44 bits per heavy atom. The van der Waals surface area contributed by atoms with Gasteiger partial charge in [-0.25, -0.2) is 9.97 Å². The van der Waals surface area contributed by atoms with Crippen molar-refractivity contribution in [2.75, 3.05) is 18.0 Å². The van der Waals surface area contributed by atoms with E-state index >= 15 is 0 Å². The summed E-state index contributed by atoms with van der Waals surface area (Å²) in [7, 11) is 0.